The van der Waals surface area contributed by atoms with Gasteiger partial charge in [-0.3, -0.25) is 4.79 Å². The molecule has 0 bridgehead atoms. The first-order valence-electron chi connectivity index (χ1n) is 9.27. The minimum Gasteiger partial charge on any atom is -0.417 e. The van der Waals surface area contributed by atoms with Crippen LogP contribution >= 0.6 is 11.6 Å². The van der Waals surface area contributed by atoms with Gasteiger partial charge in [-0.1, -0.05) is 32.4 Å². The van der Waals surface area contributed by atoms with Crippen molar-refractivity contribution in [3.05, 3.63) is 40.3 Å². The van der Waals surface area contributed by atoms with E-state index in [4.69, 9.17) is 21.3 Å². The minimum atomic E-state index is -1.82. The first-order chi connectivity index (χ1) is 13.0. The van der Waals surface area contributed by atoms with E-state index in [0.717, 1.165) is 0 Å². The molecule has 0 fully saturated rings. The monoisotopic (exact) mass is 418 g/mol. The van der Waals surface area contributed by atoms with E-state index >= 15 is 0 Å². The van der Waals surface area contributed by atoms with Crippen LogP contribution < -0.4 is 0 Å². The summed E-state index contributed by atoms with van der Waals surface area (Å²) < 4.78 is 7.64. The summed E-state index contributed by atoms with van der Waals surface area (Å²) in [5.41, 5.74) is 1.41. The highest BCUT2D eigenvalue weighted by Gasteiger charge is 2.36. The van der Waals surface area contributed by atoms with Gasteiger partial charge in [0.15, 0.2) is 25.6 Å². The first-order valence-corrected chi connectivity index (χ1v) is 12.6. The van der Waals surface area contributed by atoms with E-state index in [1.54, 1.807) is 25.1 Å². The van der Waals surface area contributed by atoms with Crippen LogP contribution in [0.25, 0.3) is 5.82 Å². The van der Waals surface area contributed by atoms with Crippen molar-refractivity contribution in [1.82, 2.24) is 14.8 Å². The lowest BCUT2D eigenvalue weighted by atomic mass is 10.1. The van der Waals surface area contributed by atoms with Crippen LogP contribution in [-0.4, -0.2) is 35.5 Å². The number of aromatic nitrogens is 3. The molecule has 0 unspecified atom stereocenters. The maximum atomic E-state index is 12.8. The van der Waals surface area contributed by atoms with E-state index < -0.39 is 8.32 Å². The van der Waals surface area contributed by atoms with Crippen LogP contribution in [0.15, 0.2) is 18.2 Å². The smallest absolute Gasteiger partial charge is 0.191 e. The Morgan fingerprint density at radius 2 is 2.04 bits per heavy atom. The second-order valence-corrected chi connectivity index (χ2v) is 13.5. The zero-order valence-corrected chi connectivity index (χ0v) is 19.1. The summed E-state index contributed by atoms with van der Waals surface area (Å²) in [6.07, 6.45) is 0.977. The van der Waals surface area contributed by atoms with E-state index in [9.17, 15) is 4.79 Å². The third-order valence-corrected chi connectivity index (χ3v) is 9.91. The van der Waals surface area contributed by atoms with E-state index in [1.807, 2.05) is 6.07 Å². The number of ketones is 1. The van der Waals surface area contributed by atoms with Gasteiger partial charge in [0, 0.05) is 18.7 Å². The van der Waals surface area contributed by atoms with Crippen molar-refractivity contribution in [2.75, 3.05) is 6.61 Å². The van der Waals surface area contributed by atoms with Gasteiger partial charge in [0.25, 0.3) is 0 Å². The molecule has 0 aliphatic carbocycles. The Balaban J connectivity index is 2.14. The summed E-state index contributed by atoms with van der Waals surface area (Å²) in [5.74, 6) is 0.299. The lowest BCUT2D eigenvalue weighted by Gasteiger charge is -2.36. The number of Topliss-reactive ketones (excluding diaryl/α,β-unsaturated/α-hetero) is 1. The summed E-state index contributed by atoms with van der Waals surface area (Å²) in [7, 11) is -1.82. The van der Waals surface area contributed by atoms with Gasteiger partial charge in [-0.05, 0) is 49.7 Å². The fourth-order valence-electron chi connectivity index (χ4n) is 2.46. The normalized spacial score (nSPS) is 12.1. The quantitative estimate of drug-likeness (QED) is 0.271. The molecule has 28 heavy (non-hydrogen) atoms. The van der Waals surface area contributed by atoms with Crippen molar-refractivity contribution in [3.63, 3.8) is 0 Å². The molecule has 2 rings (SSSR count). The molecule has 0 spiro atoms. The Morgan fingerprint density at radius 3 is 2.61 bits per heavy atom. The second-order valence-electron chi connectivity index (χ2n) is 8.34. The standard InChI is InChI=1S/C20H27ClN4O2Si/c1-14-12-15(13-22)24-25(14)19-16(9-10-18(21)23-19)17(26)8-7-11-27-28(5,6)20(2,3)4/h9-10,12H,7-8,11H2,1-6H3. The van der Waals surface area contributed by atoms with Crippen LogP contribution in [0.2, 0.25) is 23.3 Å². The van der Waals surface area contributed by atoms with Crippen molar-refractivity contribution in [2.45, 2.75) is 58.7 Å². The largest absolute Gasteiger partial charge is 0.417 e. The third-order valence-electron chi connectivity index (χ3n) is 5.16. The molecule has 2 heterocycles. The summed E-state index contributed by atoms with van der Waals surface area (Å²) in [6.45, 7) is 13.3. The van der Waals surface area contributed by atoms with Crippen molar-refractivity contribution in [2.24, 2.45) is 0 Å². The van der Waals surface area contributed by atoms with E-state index in [0.29, 0.717) is 36.5 Å². The average Bonchev–Trinajstić information content (AvgIpc) is 2.98. The zero-order chi connectivity index (χ0) is 21.1. The van der Waals surface area contributed by atoms with E-state index in [-0.39, 0.29) is 21.7 Å². The third kappa shape index (κ3) is 5.07. The number of nitriles is 1. The number of hydrogen-bond donors (Lipinski definition) is 0. The predicted octanol–water partition coefficient (Wildman–Crippen LogP) is 5.09. The molecule has 0 radical (unpaired) electrons. The molecule has 0 aliphatic rings. The van der Waals surface area contributed by atoms with Crippen LogP contribution in [0.4, 0.5) is 0 Å². The molecule has 6 nitrogen and oxygen atoms in total. The molecule has 0 saturated carbocycles. The van der Waals surface area contributed by atoms with Crippen LogP contribution in [-0.2, 0) is 4.43 Å². The number of rotatable bonds is 7. The van der Waals surface area contributed by atoms with Crippen LogP contribution in [0.5, 0.6) is 0 Å². The highest BCUT2D eigenvalue weighted by Crippen LogP contribution is 2.36. The van der Waals surface area contributed by atoms with Gasteiger partial charge in [0.1, 0.15) is 11.2 Å². The van der Waals surface area contributed by atoms with Gasteiger partial charge in [-0.25, -0.2) is 9.67 Å². The molecule has 2 aromatic rings. The highest BCUT2D eigenvalue weighted by atomic mass is 35.5. The molecule has 0 aromatic carbocycles. The summed E-state index contributed by atoms with van der Waals surface area (Å²) >= 11 is 6.04. The lowest BCUT2D eigenvalue weighted by molar-refractivity contribution is 0.0971. The predicted molar refractivity (Wildman–Crippen MR) is 113 cm³/mol. The maximum absolute atomic E-state index is 12.8. The molecule has 0 aliphatic heterocycles. The molecule has 150 valence electrons. The first kappa shape index (κ1) is 22.3. The second kappa shape index (κ2) is 8.56. The van der Waals surface area contributed by atoms with Gasteiger partial charge in [-0.2, -0.15) is 10.4 Å². The number of hydrogen-bond acceptors (Lipinski definition) is 5. The summed E-state index contributed by atoms with van der Waals surface area (Å²) in [6, 6.07) is 6.90. The summed E-state index contributed by atoms with van der Waals surface area (Å²) in [5, 5.41) is 13.7. The number of pyridine rings is 1. The van der Waals surface area contributed by atoms with Crippen LogP contribution in [0.1, 0.15) is 55.4 Å². The molecule has 8 heteroatoms. The molecular formula is C20H27ClN4O2Si. The Labute approximate surface area is 172 Å². The Morgan fingerprint density at radius 1 is 1.36 bits per heavy atom. The fourth-order valence-corrected chi connectivity index (χ4v) is 3.69. The van der Waals surface area contributed by atoms with Crippen molar-refractivity contribution in [3.8, 4) is 11.9 Å². The van der Waals surface area contributed by atoms with Gasteiger partial charge in [-0.15, -0.1) is 0 Å². The van der Waals surface area contributed by atoms with Crippen molar-refractivity contribution in [1.29, 1.82) is 5.26 Å². The number of halogens is 1. The Bertz CT molecular complexity index is 910. The van der Waals surface area contributed by atoms with Gasteiger partial charge >= 0.3 is 0 Å². The number of aryl methyl sites for hydroxylation is 1. The molecular weight excluding hydrogens is 392 g/mol. The molecule has 0 saturated heterocycles. The highest BCUT2D eigenvalue weighted by molar-refractivity contribution is 6.74. The number of carbonyl (C=O) groups is 1. The Kier molecular flexibility index (Phi) is 6.81. The zero-order valence-electron chi connectivity index (χ0n) is 17.3. The van der Waals surface area contributed by atoms with Gasteiger partial charge in [0.05, 0.1) is 5.56 Å². The van der Waals surface area contributed by atoms with E-state index in [2.05, 4.69) is 43.9 Å². The van der Waals surface area contributed by atoms with Crippen LogP contribution in [0, 0.1) is 18.3 Å². The van der Waals surface area contributed by atoms with E-state index in [1.165, 1.54) is 4.68 Å². The van der Waals surface area contributed by atoms with Gasteiger partial charge < -0.3 is 4.43 Å². The number of carbonyl (C=O) groups excluding carboxylic acids is 1. The average molecular weight is 419 g/mol. The maximum Gasteiger partial charge on any atom is 0.191 e. The van der Waals surface area contributed by atoms with Crippen molar-refractivity contribution < 1.29 is 9.22 Å². The molecule has 0 N–H and O–H groups in total. The lowest BCUT2D eigenvalue weighted by Crippen LogP contribution is -2.41. The van der Waals surface area contributed by atoms with Gasteiger partial charge in [0.2, 0.25) is 0 Å². The SMILES string of the molecule is Cc1cc(C#N)nn1-c1nc(Cl)ccc1C(=O)CCCO[Si](C)(C)C(C)(C)C. The molecule has 0 amide bonds. The van der Waals surface area contributed by atoms with Crippen molar-refractivity contribution >= 4 is 25.7 Å². The fraction of sp³-hybridized carbons (Fsp3) is 0.500. The topological polar surface area (TPSA) is 80.8 Å². The minimum absolute atomic E-state index is 0.0496. The summed E-state index contributed by atoms with van der Waals surface area (Å²) in [4.78, 5) is 17.1. The van der Waals surface area contributed by atoms with Crippen LogP contribution in [0.3, 0.4) is 0 Å². The number of nitrogens with zero attached hydrogens (tertiary/aromatic N) is 4. The molecule has 2 aromatic heterocycles. The molecule has 0 atom stereocenters. The Hall–Kier alpha value is -2.01.